The van der Waals surface area contributed by atoms with Crippen molar-refractivity contribution in [2.75, 3.05) is 6.54 Å². The first-order valence-electron chi connectivity index (χ1n) is 6.37. The van der Waals surface area contributed by atoms with Gasteiger partial charge in [-0.1, -0.05) is 6.92 Å². The van der Waals surface area contributed by atoms with Crippen molar-refractivity contribution in [3.8, 4) is 5.69 Å². The number of benzene rings is 1. The monoisotopic (exact) mass is 276 g/mol. The van der Waals surface area contributed by atoms with Gasteiger partial charge in [0, 0.05) is 12.1 Å². The number of hydrogen-bond donors (Lipinski definition) is 1. The molecule has 0 saturated heterocycles. The Hall–Kier alpha value is -2.35. The van der Waals surface area contributed by atoms with Gasteiger partial charge < -0.3 is 5.32 Å². The van der Waals surface area contributed by atoms with Gasteiger partial charge in [-0.15, -0.1) is 5.10 Å². The molecule has 0 saturated carbocycles. The number of aryl methyl sites for hydroxylation is 1. The van der Waals surface area contributed by atoms with Crippen LogP contribution in [0.5, 0.6) is 0 Å². The number of rotatable bonds is 6. The third kappa shape index (κ3) is 2.97. The van der Waals surface area contributed by atoms with Crippen LogP contribution in [0.1, 0.15) is 24.7 Å². The van der Waals surface area contributed by atoms with E-state index in [0.29, 0.717) is 12.4 Å². The number of aromatic nitrogens is 4. The molecule has 0 aliphatic carbocycles. The summed E-state index contributed by atoms with van der Waals surface area (Å²) >= 11 is 0. The summed E-state index contributed by atoms with van der Waals surface area (Å²) in [4.78, 5) is 10.3. The molecule has 1 aromatic carbocycles. The third-order valence-corrected chi connectivity index (χ3v) is 2.86. The summed E-state index contributed by atoms with van der Waals surface area (Å²) in [7, 11) is 0. The molecule has 0 amide bonds. The van der Waals surface area contributed by atoms with Gasteiger partial charge in [0.25, 0.3) is 5.69 Å². The van der Waals surface area contributed by atoms with Crippen molar-refractivity contribution < 1.29 is 4.92 Å². The number of nitrogens with zero attached hydrogens (tertiary/aromatic N) is 5. The number of nitrogens with one attached hydrogen (secondary N) is 1. The third-order valence-electron chi connectivity index (χ3n) is 2.86. The van der Waals surface area contributed by atoms with Gasteiger partial charge >= 0.3 is 0 Å². The minimum absolute atomic E-state index is 0.0602. The van der Waals surface area contributed by atoms with E-state index < -0.39 is 4.92 Å². The van der Waals surface area contributed by atoms with Crippen LogP contribution in [0, 0.1) is 17.0 Å². The van der Waals surface area contributed by atoms with Crippen LogP contribution < -0.4 is 5.32 Å². The summed E-state index contributed by atoms with van der Waals surface area (Å²) in [6.07, 6.45) is 1.03. The van der Waals surface area contributed by atoms with Crippen LogP contribution in [-0.4, -0.2) is 31.7 Å². The average Bonchev–Trinajstić information content (AvgIpc) is 2.87. The van der Waals surface area contributed by atoms with Crippen molar-refractivity contribution in [3.05, 3.63) is 39.7 Å². The van der Waals surface area contributed by atoms with E-state index in [2.05, 4.69) is 27.8 Å². The second-order valence-corrected chi connectivity index (χ2v) is 4.41. The molecule has 2 aromatic rings. The zero-order valence-corrected chi connectivity index (χ0v) is 11.4. The van der Waals surface area contributed by atoms with E-state index in [1.807, 2.05) is 0 Å². The Bertz CT molecular complexity index is 610. The molecule has 0 radical (unpaired) electrons. The smallest absolute Gasteiger partial charge is 0.269 e. The molecule has 0 atom stereocenters. The normalized spacial score (nSPS) is 10.7. The van der Waals surface area contributed by atoms with Crippen LogP contribution in [0.4, 0.5) is 5.69 Å². The minimum atomic E-state index is -0.417. The zero-order chi connectivity index (χ0) is 14.5. The fourth-order valence-corrected chi connectivity index (χ4v) is 1.87. The Kier molecular flexibility index (Phi) is 4.36. The Morgan fingerprint density at radius 2 is 2.25 bits per heavy atom. The highest BCUT2D eigenvalue weighted by molar-refractivity contribution is 5.47. The Morgan fingerprint density at radius 3 is 2.90 bits per heavy atom. The highest BCUT2D eigenvalue weighted by Crippen LogP contribution is 2.20. The molecule has 8 nitrogen and oxygen atoms in total. The Morgan fingerprint density at radius 1 is 1.45 bits per heavy atom. The first kappa shape index (κ1) is 14.1. The first-order valence-corrected chi connectivity index (χ1v) is 6.37. The van der Waals surface area contributed by atoms with Crippen LogP contribution in [0.2, 0.25) is 0 Å². The summed E-state index contributed by atoms with van der Waals surface area (Å²) < 4.78 is 1.60. The highest BCUT2D eigenvalue weighted by atomic mass is 16.6. The molecule has 0 spiro atoms. The number of non-ortho nitro benzene ring substituents is 1. The van der Waals surface area contributed by atoms with E-state index in [0.717, 1.165) is 24.2 Å². The predicted octanol–water partition coefficient (Wildman–Crippen LogP) is 1.38. The zero-order valence-electron chi connectivity index (χ0n) is 11.4. The molecular formula is C12H16N6O2. The van der Waals surface area contributed by atoms with E-state index in [1.54, 1.807) is 17.7 Å². The number of nitro groups is 1. The molecular weight excluding hydrogens is 260 g/mol. The second-order valence-electron chi connectivity index (χ2n) is 4.41. The fourth-order valence-electron chi connectivity index (χ4n) is 1.87. The quantitative estimate of drug-likeness (QED) is 0.486. The summed E-state index contributed by atoms with van der Waals surface area (Å²) in [5.74, 6) is 0.676. The van der Waals surface area contributed by atoms with E-state index in [-0.39, 0.29) is 5.69 Å². The van der Waals surface area contributed by atoms with Gasteiger partial charge in [-0.2, -0.15) is 4.68 Å². The van der Waals surface area contributed by atoms with Crippen molar-refractivity contribution in [3.63, 3.8) is 0 Å². The lowest BCUT2D eigenvalue weighted by molar-refractivity contribution is -0.384. The Labute approximate surface area is 115 Å². The summed E-state index contributed by atoms with van der Waals surface area (Å²) in [5.41, 5.74) is 1.56. The summed E-state index contributed by atoms with van der Waals surface area (Å²) in [5, 5.41) is 25.5. The van der Waals surface area contributed by atoms with Gasteiger partial charge in [-0.3, -0.25) is 10.1 Å². The van der Waals surface area contributed by atoms with Crippen LogP contribution >= 0.6 is 0 Å². The number of tetrazole rings is 1. The molecule has 0 fully saturated rings. The molecule has 2 rings (SSSR count). The molecule has 106 valence electrons. The lowest BCUT2D eigenvalue weighted by Gasteiger charge is -2.08. The molecule has 0 bridgehead atoms. The van der Waals surface area contributed by atoms with Gasteiger partial charge in [-0.05, 0) is 41.9 Å². The van der Waals surface area contributed by atoms with Crippen LogP contribution in [-0.2, 0) is 6.54 Å². The van der Waals surface area contributed by atoms with E-state index in [9.17, 15) is 10.1 Å². The molecule has 1 heterocycles. The van der Waals surface area contributed by atoms with Crippen molar-refractivity contribution >= 4 is 5.69 Å². The molecule has 8 heteroatoms. The van der Waals surface area contributed by atoms with E-state index in [1.165, 1.54) is 12.1 Å². The molecule has 20 heavy (non-hydrogen) atoms. The van der Waals surface area contributed by atoms with Gasteiger partial charge in [-0.25, -0.2) is 0 Å². The highest BCUT2D eigenvalue weighted by Gasteiger charge is 2.13. The first-order chi connectivity index (χ1) is 9.63. The molecule has 0 aliphatic rings. The van der Waals surface area contributed by atoms with Gasteiger partial charge in [0.1, 0.15) is 0 Å². The van der Waals surface area contributed by atoms with Crippen molar-refractivity contribution in [2.24, 2.45) is 0 Å². The molecule has 1 aromatic heterocycles. The molecule has 0 unspecified atom stereocenters. The maximum atomic E-state index is 10.7. The van der Waals surface area contributed by atoms with Crippen molar-refractivity contribution in [2.45, 2.75) is 26.8 Å². The fraction of sp³-hybridized carbons (Fsp3) is 0.417. The van der Waals surface area contributed by atoms with E-state index in [4.69, 9.17) is 0 Å². The van der Waals surface area contributed by atoms with Crippen molar-refractivity contribution in [1.29, 1.82) is 0 Å². The second kappa shape index (κ2) is 6.20. The minimum Gasteiger partial charge on any atom is -0.310 e. The van der Waals surface area contributed by atoms with Crippen LogP contribution in [0.15, 0.2) is 18.2 Å². The lowest BCUT2D eigenvalue weighted by atomic mass is 10.2. The maximum absolute atomic E-state index is 10.7. The van der Waals surface area contributed by atoms with Gasteiger partial charge in [0.05, 0.1) is 17.2 Å². The summed E-state index contributed by atoms with van der Waals surface area (Å²) in [6.45, 7) is 5.31. The summed E-state index contributed by atoms with van der Waals surface area (Å²) in [6, 6.07) is 4.63. The van der Waals surface area contributed by atoms with Crippen LogP contribution in [0.25, 0.3) is 5.69 Å². The topological polar surface area (TPSA) is 98.8 Å². The standard InChI is InChI=1S/C12H16N6O2/c1-3-6-13-8-12-14-15-16-17(12)11-5-4-10(18(19)20)7-9(11)2/h4-5,7,13H,3,6,8H2,1-2H3. The predicted molar refractivity (Wildman–Crippen MR) is 72.5 cm³/mol. The number of hydrogen-bond acceptors (Lipinski definition) is 6. The van der Waals surface area contributed by atoms with E-state index >= 15 is 0 Å². The largest absolute Gasteiger partial charge is 0.310 e. The molecule has 1 N–H and O–H groups in total. The maximum Gasteiger partial charge on any atom is 0.269 e. The SMILES string of the molecule is CCCNCc1nnnn1-c1ccc([N+](=O)[O-])cc1C. The number of nitro benzene ring substituents is 1. The van der Waals surface area contributed by atoms with Crippen LogP contribution in [0.3, 0.4) is 0 Å². The molecule has 0 aliphatic heterocycles. The van der Waals surface area contributed by atoms with Crippen molar-refractivity contribution in [1.82, 2.24) is 25.5 Å². The van der Waals surface area contributed by atoms with Gasteiger partial charge in [0.15, 0.2) is 5.82 Å². The lowest BCUT2D eigenvalue weighted by Crippen LogP contribution is -2.18. The van der Waals surface area contributed by atoms with Gasteiger partial charge in [0.2, 0.25) is 0 Å². The Balaban J connectivity index is 2.28. The average molecular weight is 276 g/mol.